The third-order valence-electron chi connectivity index (χ3n) is 5.29. The van der Waals surface area contributed by atoms with Crippen molar-refractivity contribution in [1.29, 1.82) is 0 Å². The molecule has 1 heterocycles. The average molecular weight is 454 g/mol. The van der Waals surface area contributed by atoms with Gasteiger partial charge in [0.15, 0.2) is 0 Å². The molecule has 0 spiro atoms. The van der Waals surface area contributed by atoms with E-state index in [2.05, 4.69) is 5.10 Å². The van der Waals surface area contributed by atoms with Crippen LogP contribution < -0.4 is 10.6 Å². The summed E-state index contributed by atoms with van der Waals surface area (Å²) in [6.07, 6.45) is 6.06. The SMILES string of the molecule is CCOC(=O)c1cn(Cc2ccc(Oc3ccccc3)cc2)cc1Cc1cccc(C=NN)c1. The number of nitrogens with zero attached hydrogens (tertiary/aromatic N) is 2. The number of carbonyl (C=O) groups is 1. The highest BCUT2D eigenvalue weighted by Crippen LogP contribution is 2.23. The van der Waals surface area contributed by atoms with E-state index in [1.807, 2.05) is 103 Å². The summed E-state index contributed by atoms with van der Waals surface area (Å²) in [6.45, 7) is 2.76. The number of rotatable bonds is 9. The Labute approximate surface area is 199 Å². The highest BCUT2D eigenvalue weighted by molar-refractivity contribution is 5.91. The molecule has 0 aliphatic heterocycles. The van der Waals surface area contributed by atoms with Crippen molar-refractivity contribution in [3.63, 3.8) is 0 Å². The molecule has 0 fully saturated rings. The number of carbonyl (C=O) groups excluding carboxylic acids is 1. The molecule has 0 bridgehead atoms. The first-order chi connectivity index (χ1) is 16.6. The summed E-state index contributed by atoms with van der Waals surface area (Å²) in [4.78, 5) is 12.6. The quantitative estimate of drug-likeness (QED) is 0.160. The molecule has 0 atom stereocenters. The smallest absolute Gasteiger partial charge is 0.339 e. The number of hydrazone groups is 1. The molecule has 0 amide bonds. The Morgan fingerprint density at radius 3 is 2.44 bits per heavy atom. The molecular formula is C28H27N3O3. The van der Waals surface area contributed by atoms with Gasteiger partial charge in [-0.15, -0.1) is 0 Å². The Balaban J connectivity index is 1.53. The third kappa shape index (κ3) is 5.92. The number of hydrogen-bond acceptors (Lipinski definition) is 5. The Kier molecular flexibility index (Phi) is 7.40. The van der Waals surface area contributed by atoms with Gasteiger partial charge in [0.05, 0.1) is 18.4 Å². The molecular weight excluding hydrogens is 426 g/mol. The van der Waals surface area contributed by atoms with E-state index in [1.165, 1.54) is 0 Å². The van der Waals surface area contributed by atoms with Crippen molar-refractivity contribution in [2.45, 2.75) is 19.9 Å². The molecule has 3 aromatic carbocycles. The Morgan fingerprint density at radius 2 is 1.71 bits per heavy atom. The van der Waals surface area contributed by atoms with Crippen molar-refractivity contribution in [3.8, 4) is 11.5 Å². The first-order valence-electron chi connectivity index (χ1n) is 11.1. The Morgan fingerprint density at radius 1 is 0.941 bits per heavy atom. The van der Waals surface area contributed by atoms with Gasteiger partial charge in [0.1, 0.15) is 11.5 Å². The maximum Gasteiger partial charge on any atom is 0.339 e. The Hall–Kier alpha value is -4.32. The largest absolute Gasteiger partial charge is 0.462 e. The summed E-state index contributed by atoms with van der Waals surface area (Å²) in [5.41, 5.74) is 4.55. The van der Waals surface area contributed by atoms with Gasteiger partial charge in [0.2, 0.25) is 0 Å². The molecule has 0 saturated heterocycles. The number of aromatic nitrogens is 1. The van der Waals surface area contributed by atoms with Crippen LogP contribution in [-0.4, -0.2) is 23.4 Å². The average Bonchev–Trinajstić information content (AvgIpc) is 3.24. The Bertz CT molecular complexity index is 1260. The van der Waals surface area contributed by atoms with Crippen molar-refractivity contribution >= 4 is 12.2 Å². The molecule has 0 radical (unpaired) electrons. The van der Waals surface area contributed by atoms with E-state index in [4.69, 9.17) is 15.3 Å². The molecule has 172 valence electrons. The topological polar surface area (TPSA) is 78.8 Å². The lowest BCUT2D eigenvalue weighted by Gasteiger charge is -2.07. The lowest BCUT2D eigenvalue weighted by molar-refractivity contribution is 0.0525. The summed E-state index contributed by atoms with van der Waals surface area (Å²) in [5.74, 6) is 6.54. The van der Waals surface area contributed by atoms with Crippen LogP contribution in [0.2, 0.25) is 0 Å². The van der Waals surface area contributed by atoms with Gasteiger partial charge in [-0.1, -0.05) is 48.5 Å². The monoisotopic (exact) mass is 453 g/mol. The van der Waals surface area contributed by atoms with E-state index in [0.717, 1.165) is 33.8 Å². The number of para-hydroxylation sites is 1. The lowest BCUT2D eigenvalue weighted by atomic mass is 10.0. The number of hydrogen-bond donors (Lipinski definition) is 1. The predicted molar refractivity (Wildman–Crippen MR) is 133 cm³/mol. The minimum absolute atomic E-state index is 0.317. The van der Waals surface area contributed by atoms with Crippen molar-refractivity contribution in [2.24, 2.45) is 10.9 Å². The maximum atomic E-state index is 12.6. The molecule has 0 aliphatic carbocycles. The molecule has 1 aromatic heterocycles. The lowest BCUT2D eigenvalue weighted by Crippen LogP contribution is -2.06. The minimum atomic E-state index is -0.317. The maximum absolute atomic E-state index is 12.6. The first kappa shape index (κ1) is 22.9. The molecule has 4 aromatic rings. The normalized spacial score (nSPS) is 11.0. The molecule has 2 N–H and O–H groups in total. The van der Waals surface area contributed by atoms with E-state index >= 15 is 0 Å². The molecule has 4 rings (SSSR count). The summed E-state index contributed by atoms with van der Waals surface area (Å²) in [5, 5.41) is 3.59. The zero-order valence-corrected chi connectivity index (χ0v) is 19.1. The first-order valence-corrected chi connectivity index (χ1v) is 11.1. The van der Waals surface area contributed by atoms with Crippen LogP contribution in [0.25, 0.3) is 0 Å². The summed E-state index contributed by atoms with van der Waals surface area (Å²) in [6, 6.07) is 25.5. The minimum Gasteiger partial charge on any atom is -0.462 e. The molecule has 6 heteroatoms. The van der Waals surface area contributed by atoms with Crippen LogP contribution >= 0.6 is 0 Å². The van der Waals surface area contributed by atoms with Gasteiger partial charge in [0.25, 0.3) is 0 Å². The van der Waals surface area contributed by atoms with Gasteiger partial charge >= 0.3 is 5.97 Å². The standard InChI is InChI=1S/C28H27N3O3/c1-2-33-28(32)27-20-31(19-24(27)16-22-7-6-8-23(15-22)17-30-29)18-21-11-13-26(14-12-21)34-25-9-4-3-5-10-25/h3-15,17,19-20H,2,16,18,29H2,1H3. The molecule has 0 unspecified atom stereocenters. The van der Waals surface area contributed by atoms with Crippen molar-refractivity contribution in [3.05, 3.63) is 119 Å². The summed E-state index contributed by atoms with van der Waals surface area (Å²) < 4.78 is 13.2. The number of benzene rings is 3. The van der Waals surface area contributed by atoms with Crippen LogP contribution in [0.3, 0.4) is 0 Å². The van der Waals surface area contributed by atoms with E-state index in [9.17, 15) is 4.79 Å². The van der Waals surface area contributed by atoms with Crippen LogP contribution in [0.15, 0.2) is 96.4 Å². The molecule has 34 heavy (non-hydrogen) atoms. The molecule has 6 nitrogen and oxygen atoms in total. The van der Waals surface area contributed by atoms with E-state index in [-0.39, 0.29) is 5.97 Å². The van der Waals surface area contributed by atoms with Crippen LogP contribution in [-0.2, 0) is 17.7 Å². The fourth-order valence-electron chi connectivity index (χ4n) is 3.77. The van der Waals surface area contributed by atoms with Crippen LogP contribution in [0.5, 0.6) is 11.5 Å². The van der Waals surface area contributed by atoms with Gasteiger partial charge in [-0.2, -0.15) is 5.10 Å². The fourth-order valence-corrected chi connectivity index (χ4v) is 3.77. The number of esters is 1. The van der Waals surface area contributed by atoms with E-state index in [0.29, 0.717) is 25.1 Å². The van der Waals surface area contributed by atoms with Crippen molar-refractivity contribution in [1.82, 2.24) is 4.57 Å². The van der Waals surface area contributed by atoms with E-state index < -0.39 is 0 Å². The van der Waals surface area contributed by atoms with Crippen LogP contribution in [0, 0.1) is 0 Å². The zero-order chi connectivity index (χ0) is 23.8. The second-order valence-corrected chi connectivity index (χ2v) is 7.85. The molecule has 0 aliphatic rings. The van der Waals surface area contributed by atoms with Gasteiger partial charge in [-0.3, -0.25) is 0 Å². The van der Waals surface area contributed by atoms with Gasteiger partial charge in [-0.05, 0) is 65.9 Å². The van der Waals surface area contributed by atoms with Gasteiger partial charge in [-0.25, -0.2) is 4.79 Å². The third-order valence-corrected chi connectivity index (χ3v) is 5.29. The van der Waals surface area contributed by atoms with Gasteiger partial charge < -0.3 is 19.9 Å². The summed E-state index contributed by atoms with van der Waals surface area (Å²) >= 11 is 0. The van der Waals surface area contributed by atoms with Crippen LogP contribution in [0.4, 0.5) is 0 Å². The van der Waals surface area contributed by atoms with Crippen LogP contribution in [0.1, 0.15) is 39.5 Å². The highest BCUT2D eigenvalue weighted by atomic mass is 16.5. The zero-order valence-electron chi connectivity index (χ0n) is 19.1. The van der Waals surface area contributed by atoms with Gasteiger partial charge in [0, 0.05) is 18.9 Å². The van der Waals surface area contributed by atoms with Crippen molar-refractivity contribution < 1.29 is 14.3 Å². The number of ether oxygens (including phenoxy) is 2. The second-order valence-electron chi connectivity index (χ2n) is 7.85. The predicted octanol–water partition coefficient (Wildman–Crippen LogP) is 5.39. The number of nitrogens with two attached hydrogens (primary N) is 1. The molecule has 0 saturated carbocycles. The van der Waals surface area contributed by atoms with Crippen molar-refractivity contribution in [2.75, 3.05) is 6.61 Å². The second kappa shape index (κ2) is 11.0. The highest BCUT2D eigenvalue weighted by Gasteiger charge is 2.16. The fraction of sp³-hybridized carbons (Fsp3) is 0.143. The van der Waals surface area contributed by atoms with E-state index in [1.54, 1.807) is 6.21 Å². The summed E-state index contributed by atoms with van der Waals surface area (Å²) in [7, 11) is 0.